The van der Waals surface area contributed by atoms with E-state index in [4.69, 9.17) is 39.0 Å². The number of halogens is 1. The Labute approximate surface area is 162 Å². The fourth-order valence-corrected chi connectivity index (χ4v) is 4.44. The molecule has 18 heteroatoms. The van der Waals surface area contributed by atoms with Crippen LogP contribution >= 0.6 is 26.9 Å². The molecule has 0 unspecified atom stereocenters. The SMILES string of the molecule is [B]=[P@@]([O-])(OC[C@H]1O[C@@H](n2cnc3c(N)nc(Cl)nc32)[C@H](O)[C@@H]1O)OP(=O)(O)O. The summed E-state index contributed by atoms with van der Waals surface area (Å²) in [5, 5.41) is 20.2. The molecule has 153 valence electrons. The number of phosphoric acid groups is 1. The minimum absolute atomic E-state index is 0.0136. The summed E-state index contributed by atoms with van der Waals surface area (Å²) in [6, 6.07) is 0. The number of fused-ring (bicyclic) bond motifs is 1. The van der Waals surface area contributed by atoms with Crippen LogP contribution in [0.1, 0.15) is 6.23 Å². The zero-order valence-electron chi connectivity index (χ0n) is 13.6. The molecule has 2 aromatic heterocycles. The third kappa shape index (κ3) is 4.61. The molecule has 0 amide bonds. The van der Waals surface area contributed by atoms with Crippen LogP contribution in [-0.2, 0) is 18.1 Å². The van der Waals surface area contributed by atoms with E-state index in [0.717, 1.165) is 0 Å². The number of aromatic nitrogens is 4. The van der Waals surface area contributed by atoms with Crippen molar-refractivity contribution in [3.63, 3.8) is 0 Å². The Kier molecular flexibility index (Phi) is 5.98. The Hall–Kier alpha value is -0.955. The summed E-state index contributed by atoms with van der Waals surface area (Å²) in [5.74, 6) is -0.0136. The van der Waals surface area contributed by atoms with Crippen molar-refractivity contribution in [2.45, 2.75) is 24.5 Å². The van der Waals surface area contributed by atoms with Crippen molar-refractivity contribution in [3.05, 3.63) is 11.6 Å². The van der Waals surface area contributed by atoms with Gasteiger partial charge in [0.05, 0.1) is 0 Å². The van der Waals surface area contributed by atoms with E-state index in [1.54, 1.807) is 0 Å². The van der Waals surface area contributed by atoms with E-state index in [9.17, 15) is 19.7 Å². The van der Waals surface area contributed by atoms with Gasteiger partial charge in [-0.1, -0.05) is 0 Å². The molecule has 0 bridgehead atoms. The van der Waals surface area contributed by atoms with E-state index in [0.29, 0.717) is 0 Å². The molecule has 6 N–H and O–H groups in total. The van der Waals surface area contributed by atoms with Crippen LogP contribution in [0.3, 0.4) is 0 Å². The Bertz CT molecular complexity index is 988. The van der Waals surface area contributed by atoms with Gasteiger partial charge in [-0.05, 0) is 0 Å². The van der Waals surface area contributed by atoms with E-state index < -0.39 is 46.4 Å². The van der Waals surface area contributed by atoms with Crippen LogP contribution in [0.5, 0.6) is 0 Å². The van der Waals surface area contributed by atoms with Gasteiger partial charge < -0.3 is 0 Å². The monoisotopic (exact) mass is 455 g/mol. The van der Waals surface area contributed by atoms with Crippen LogP contribution in [-0.4, -0.2) is 71.6 Å². The van der Waals surface area contributed by atoms with E-state index in [1.165, 1.54) is 10.9 Å². The maximum absolute atomic E-state index is 11.7. The number of aliphatic hydroxyl groups excluding tert-OH is 2. The Morgan fingerprint density at radius 2 is 2.07 bits per heavy atom. The second kappa shape index (κ2) is 7.71. The van der Waals surface area contributed by atoms with Gasteiger partial charge in [-0.3, -0.25) is 0 Å². The van der Waals surface area contributed by atoms with Crippen molar-refractivity contribution in [3.8, 4) is 0 Å². The summed E-state index contributed by atoms with van der Waals surface area (Å²) in [6.07, 6.45) is -4.35. The van der Waals surface area contributed by atoms with Crippen molar-refractivity contribution in [2.24, 2.45) is 0 Å². The molecule has 5 atom stereocenters. The van der Waals surface area contributed by atoms with Crippen LogP contribution in [0.15, 0.2) is 6.33 Å². The maximum atomic E-state index is 11.7. The van der Waals surface area contributed by atoms with Crippen LogP contribution in [0, 0.1) is 0 Å². The molecule has 1 aliphatic rings. The molecule has 0 aliphatic carbocycles. The van der Waals surface area contributed by atoms with Crippen molar-refractivity contribution >= 4 is 51.0 Å². The summed E-state index contributed by atoms with van der Waals surface area (Å²) in [7, 11) is -4.78. The van der Waals surface area contributed by atoms with Gasteiger partial charge >= 0.3 is 162 Å². The van der Waals surface area contributed by atoms with Crippen LogP contribution in [0.2, 0.25) is 5.28 Å². The zero-order chi connectivity index (χ0) is 20.9. The van der Waals surface area contributed by atoms with Crippen LogP contribution in [0.4, 0.5) is 5.82 Å². The van der Waals surface area contributed by atoms with Crippen molar-refractivity contribution in [2.75, 3.05) is 12.3 Å². The Balaban J connectivity index is 1.78. The number of nitrogen functional groups attached to an aromatic ring is 1. The Morgan fingerprint density at radius 1 is 1.39 bits per heavy atom. The van der Waals surface area contributed by atoms with Crippen molar-refractivity contribution in [1.82, 2.24) is 19.5 Å². The van der Waals surface area contributed by atoms with E-state index in [2.05, 4.69) is 23.8 Å². The van der Waals surface area contributed by atoms with Crippen LogP contribution < -0.4 is 10.6 Å². The predicted octanol–water partition coefficient (Wildman–Crippen LogP) is -1.99. The van der Waals surface area contributed by atoms with E-state index >= 15 is 0 Å². The van der Waals surface area contributed by atoms with Crippen molar-refractivity contribution in [1.29, 1.82) is 0 Å². The van der Waals surface area contributed by atoms with Gasteiger partial charge in [0.15, 0.2) is 0 Å². The zero-order valence-corrected chi connectivity index (χ0v) is 16.2. The third-order valence-electron chi connectivity index (χ3n) is 3.67. The standard InChI is InChI=1S/C10H13BClN5O9P2/c11-27(20,26-28(21,22)23)24-1-3-5(18)6(19)9(25-3)17-2-14-4-7(13)15-10(12)16-8(4)17/h2-3,5-6,9,18-19H,1H2,(H4-,13,15,16,20,21,22,23)/q-1/t3-,5-,6-,9-,27-/m1/s1. The molecule has 3 rings (SSSR count). The van der Waals surface area contributed by atoms with Gasteiger partial charge in [0.1, 0.15) is 0 Å². The van der Waals surface area contributed by atoms with Gasteiger partial charge in [0.2, 0.25) is 0 Å². The molecule has 14 nitrogen and oxygen atoms in total. The second-order valence-corrected chi connectivity index (χ2v) is 8.97. The summed E-state index contributed by atoms with van der Waals surface area (Å²) in [5.41, 5.74) is 5.99. The number of ether oxygens (including phenoxy) is 1. The Morgan fingerprint density at radius 3 is 2.71 bits per heavy atom. The number of aliphatic hydroxyl groups is 2. The van der Waals surface area contributed by atoms with E-state index in [1.807, 2.05) is 0 Å². The first-order valence-corrected chi connectivity index (χ1v) is 10.9. The number of nitrogens with zero attached hydrogens (tertiary/aromatic N) is 4. The summed E-state index contributed by atoms with van der Waals surface area (Å²) < 4.78 is 25.9. The molecular weight excluding hydrogens is 442 g/mol. The molecule has 28 heavy (non-hydrogen) atoms. The molecule has 0 aromatic carbocycles. The molecule has 1 fully saturated rings. The van der Waals surface area contributed by atoms with Gasteiger partial charge in [-0.15, -0.1) is 0 Å². The molecule has 1 saturated heterocycles. The number of hydrogen-bond donors (Lipinski definition) is 5. The molecular formula is C10H13BClN5O9P2-. The van der Waals surface area contributed by atoms with Gasteiger partial charge in [0, 0.05) is 0 Å². The summed E-state index contributed by atoms with van der Waals surface area (Å²) in [4.78, 5) is 40.7. The fourth-order valence-electron chi connectivity index (χ4n) is 2.54. The molecule has 0 saturated carbocycles. The van der Waals surface area contributed by atoms with Gasteiger partial charge in [-0.25, -0.2) is 0 Å². The molecule has 1 radical (unpaired) electrons. The number of anilines is 1. The molecule has 3 heterocycles. The first kappa shape index (κ1) is 21.7. The van der Waals surface area contributed by atoms with E-state index in [-0.39, 0.29) is 22.3 Å². The fraction of sp³-hybridized carbons (Fsp3) is 0.500. The quantitative estimate of drug-likeness (QED) is 0.181. The number of nitrogens with two attached hydrogens (primary N) is 1. The summed E-state index contributed by atoms with van der Waals surface area (Å²) >= 11 is 5.77. The normalized spacial score (nSPS) is 27.9. The molecule has 2 aromatic rings. The topological polar surface area (TPSA) is 218 Å². The number of imidazole rings is 1. The average molecular weight is 455 g/mol. The van der Waals surface area contributed by atoms with Crippen molar-refractivity contribution < 1.29 is 43.0 Å². The molecule has 0 spiro atoms. The van der Waals surface area contributed by atoms with Crippen LogP contribution in [0.25, 0.3) is 11.2 Å². The molecule has 1 aliphatic heterocycles. The first-order valence-electron chi connectivity index (χ1n) is 7.35. The third-order valence-corrected chi connectivity index (χ3v) is 6.11. The predicted molar refractivity (Wildman–Crippen MR) is 92.4 cm³/mol. The second-order valence-electron chi connectivity index (χ2n) is 5.66. The van der Waals surface area contributed by atoms with Gasteiger partial charge in [0.25, 0.3) is 0 Å². The summed E-state index contributed by atoms with van der Waals surface area (Å²) in [6.45, 7) is -0.715. The first-order chi connectivity index (χ1) is 12.9. The average Bonchev–Trinajstić information content (AvgIpc) is 3.06. The number of rotatable bonds is 6. The van der Waals surface area contributed by atoms with Gasteiger partial charge in [-0.2, -0.15) is 0 Å². The minimum atomic E-state index is -5.18. The number of hydrogen-bond acceptors (Lipinski definition) is 11.